The molecule has 0 aliphatic rings. The molecule has 1 unspecified atom stereocenters. The van der Waals surface area contributed by atoms with Crippen molar-refractivity contribution in [2.75, 3.05) is 0 Å². The number of H-pyrrole nitrogens is 1. The van der Waals surface area contributed by atoms with Gasteiger partial charge in [0.05, 0.1) is 17.6 Å². The first-order valence-electron chi connectivity index (χ1n) is 7.37. The molecule has 3 nitrogen and oxygen atoms in total. The molecule has 108 valence electrons. The van der Waals surface area contributed by atoms with E-state index in [2.05, 4.69) is 60.3 Å². The summed E-state index contributed by atoms with van der Waals surface area (Å²) in [5.41, 5.74) is 6.10. The van der Waals surface area contributed by atoms with Crippen LogP contribution in [-0.2, 0) is 6.54 Å². The van der Waals surface area contributed by atoms with Crippen molar-refractivity contribution < 1.29 is 0 Å². The quantitative estimate of drug-likeness (QED) is 0.757. The highest BCUT2D eigenvalue weighted by Crippen LogP contribution is 2.17. The lowest BCUT2D eigenvalue weighted by Crippen LogP contribution is -2.19. The summed E-state index contributed by atoms with van der Waals surface area (Å²) < 4.78 is 0. The van der Waals surface area contributed by atoms with Crippen molar-refractivity contribution in [2.45, 2.75) is 33.4 Å². The third kappa shape index (κ3) is 2.98. The molecular weight excluding hydrogens is 258 g/mol. The first-order valence-corrected chi connectivity index (χ1v) is 7.37. The van der Waals surface area contributed by atoms with Crippen LogP contribution in [0.25, 0.3) is 11.0 Å². The van der Waals surface area contributed by atoms with Crippen LogP contribution in [0.2, 0.25) is 0 Å². The van der Waals surface area contributed by atoms with E-state index in [-0.39, 0.29) is 0 Å². The maximum atomic E-state index is 4.59. The summed E-state index contributed by atoms with van der Waals surface area (Å²) in [5, 5.41) is 3.53. The van der Waals surface area contributed by atoms with Gasteiger partial charge in [0.1, 0.15) is 5.82 Å². The molecule has 0 amide bonds. The topological polar surface area (TPSA) is 40.7 Å². The number of nitrogens with one attached hydrogen (secondary N) is 2. The summed E-state index contributed by atoms with van der Waals surface area (Å²) in [4.78, 5) is 7.94. The largest absolute Gasteiger partial charge is 0.341 e. The molecule has 0 fully saturated rings. The van der Waals surface area contributed by atoms with Crippen LogP contribution in [0.3, 0.4) is 0 Å². The molecule has 0 saturated carbocycles. The summed E-state index contributed by atoms with van der Waals surface area (Å²) in [7, 11) is 0. The lowest BCUT2D eigenvalue weighted by atomic mass is 10.0. The van der Waals surface area contributed by atoms with Gasteiger partial charge in [-0.15, -0.1) is 0 Å². The fraction of sp³-hybridized carbons (Fsp3) is 0.278. The van der Waals surface area contributed by atoms with Crippen LogP contribution in [0.5, 0.6) is 0 Å². The predicted molar refractivity (Wildman–Crippen MR) is 87.3 cm³/mol. The number of hydrogen-bond acceptors (Lipinski definition) is 2. The van der Waals surface area contributed by atoms with Crippen LogP contribution in [0, 0.1) is 13.8 Å². The van der Waals surface area contributed by atoms with Crippen molar-refractivity contribution in [1.82, 2.24) is 15.3 Å². The van der Waals surface area contributed by atoms with Gasteiger partial charge in [-0.3, -0.25) is 0 Å². The lowest BCUT2D eigenvalue weighted by molar-refractivity contribution is 0.562. The molecule has 2 N–H and O–H groups in total. The minimum absolute atomic E-state index is 0.303. The van der Waals surface area contributed by atoms with E-state index in [0.717, 1.165) is 23.4 Å². The van der Waals surface area contributed by atoms with Gasteiger partial charge in [0, 0.05) is 6.04 Å². The number of fused-ring (bicyclic) bond motifs is 1. The number of rotatable bonds is 4. The number of nitrogens with zero attached hydrogens (tertiary/aromatic N) is 1. The fourth-order valence-corrected chi connectivity index (χ4v) is 2.49. The number of hydrogen-bond donors (Lipinski definition) is 2. The van der Waals surface area contributed by atoms with E-state index in [1.165, 1.54) is 16.7 Å². The normalized spacial score (nSPS) is 12.7. The predicted octanol–water partition coefficient (Wildman–Crippen LogP) is 4.03. The van der Waals surface area contributed by atoms with E-state index >= 15 is 0 Å². The molecule has 0 radical (unpaired) electrons. The second-order valence-electron chi connectivity index (χ2n) is 5.65. The zero-order valence-corrected chi connectivity index (χ0v) is 12.8. The number of benzene rings is 2. The van der Waals surface area contributed by atoms with Crippen molar-refractivity contribution in [3.8, 4) is 0 Å². The van der Waals surface area contributed by atoms with Gasteiger partial charge >= 0.3 is 0 Å². The Bertz CT molecular complexity index is 725. The molecule has 0 aliphatic heterocycles. The zero-order valence-electron chi connectivity index (χ0n) is 12.8. The summed E-state index contributed by atoms with van der Waals surface area (Å²) in [6, 6.07) is 15.1. The number of aromatic nitrogens is 2. The summed E-state index contributed by atoms with van der Waals surface area (Å²) in [5.74, 6) is 0.979. The molecule has 21 heavy (non-hydrogen) atoms. The minimum Gasteiger partial charge on any atom is -0.341 e. The Hall–Kier alpha value is -2.13. The first-order chi connectivity index (χ1) is 10.1. The Balaban J connectivity index is 1.70. The van der Waals surface area contributed by atoms with Crippen LogP contribution in [0.1, 0.15) is 35.5 Å². The van der Waals surface area contributed by atoms with Gasteiger partial charge in [-0.2, -0.15) is 0 Å². The van der Waals surface area contributed by atoms with Crippen molar-refractivity contribution in [3.05, 3.63) is 65.0 Å². The Morgan fingerprint density at radius 1 is 1.10 bits per heavy atom. The Labute approximate surface area is 125 Å². The van der Waals surface area contributed by atoms with Crippen LogP contribution in [0.4, 0.5) is 0 Å². The number of aromatic amines is 1. The van der Waals surface area contributed by atoms with E-state index in [0.29, 0.717) is 6.04 Å². The smallest absolute Gasteiger partial charge is 0.121 e. The standard InChI is InChI=1S/C18H21N3/c1-12-8-9-15(10-13(12)2)14(3)19-11-18-20-16-6-4-5-7-17(16)21-18/h4-10,14,19H,11H2,1-3H3,(H,20,21). The molecule has 2 aromatic carbocycles. The minimum atomic E-state index is 0.303. The van der Waals surface area contributed by atoms with Crippen molar-refractivity contribution >= 4 is 11.0 Å². The maximum absolute atomic E-state index is 4.59. The van der Waals surface area contributed by atoms with Crippen LogP contribution in [-0.4, -0.2) is 9.97 Å². The maximum Gasteiger partial charge on any atom is 0.121 e. The molecule has 0 spiro atoms. The highest BCUT2D eigenvalue weighted by Gasteiger charge is 2.08. The first kappa shape index (κ1) is 13.8. The monoisotopic (exact) mass is 279 g/mol. The SMILES string of the molecule is Cc1ccc(C(C)NCc2nc3ccccc3[nH]2)cc1C. The molecule has 3 aromatic rings. The lowest BCUT2D eigenvalue weighted by Gasteiger charge is -2.14. The summed E-state index contributed by atoms with van der Waals surface area (Å²) in [6.07, 6.45) is 0. The Kier molecular flexibility index (Phi) is 3.76. The van der Waals surface area contributed by atoms with Crippen molar-refractivity contribution in [3.63, 3.8) is 0 Å². The highest BCUT2D eigenvalue weighted by molar-refractivity contribution is 5.74. The van der Waals surface area contributed by atoms with Gasteiger partial charge in [-0.1, -0.05) is 30.3 Å². The highest BCUT2D eigenvalue weighted by atomic mass is 15.0. The van der Waals surface area contributed by atoms with Crippen LogP contribution in [0.15, 0.2) is 42.5 Å². The molecule has 1 aromatic heterocycles. The number of para-hydroxylation sites is 2. The third-order valence-electron chi connectivity index (χ3n) is 4.05. The fourth-order valence-electron chi connectivity index (χ4n) is 2.49. The average molecular weight is 279 g/mol. The van der Waals surface area contributed by atoms with Crippen molar-refractivity contribution in [2.24, 2.45) is 0 Å². The molecule has 1 atom stereocenters. The summed E-state index contributed by atoms with van der Waals surface area (Å²) in [6.45, 7) is 7.23. The average Bonchev–Trinajstić information content (AvgIpc) is 2.90. The van der Waals surface area contributed by atoms with E-state index in [1.807, 2.05) is 18.2 Å². The molecule has 1 heterocycles. The Morgan fingerprint density at radius 2 is 1.90 bits per heavy atom. The molecule has 0 bridgehead atoms. The molecule has 0 aliphatic carbocycles. The van der Waals surface area contributed by atoms with Gasteiger partial charge in [0.2, 0.25) is 0 Å². The Morgan fingerprint density at radius 3 is 2.67 bits per heavy atom. The summed E-state index contributed by atoms with van der Waals surface area (Å²) >= 11 is 0. The number of imidazole rings is 1. The van der Waals surface area contributed by atoms with E-state index < -0.39 is 0 Å². The van der Waals surface area contributed by atoms with Gasteiger partial charge in [0.15, 0.2) is 0 Å². The molecular formula is C18H21N3. The van der Waals surface area contributed by atoms with Gasteiger partial charge < -0.3 is 10.3 Å². The van der Waals surface area contributed by atoms with E-state index in [1.54, 1.807) is 0 Å². The molecule has 3 heteroatoms. The zero-order chi connectivity index (χ0) is 14.8. The van der Waals surface area contributed by atoms with E-state index in [9.17, 15) is 0 Å². The third-order valence-corrected chi connectivity index (χ3v) is 4.05. The van der Waals surface area contributed by atoms with Gasteiger partial charge in [-0.25, -0.2) is 4.98 Å². The van der Waals surface area contributed by atoms with Gasteiger partial charge in [0.25, 0.3) is 0 Å². The molecule has 0 saturated heterocycles. The van der Waals surface area contributed by atoms with Crippen LogP contribution >= 0.6 is 0 Å². The number of aryl methyl sites for hydroxylation is 2. The van der Waals surface area contributed by atoms with Crippen LogP contribution < -0.4 is 5.32 Å². The second-order valence-corrected chi connectivity index (χ2v) is 5.65. The van der Waals surface area contributed by atoms with E-state index in [4.69, 9.17) is 0 Å². The molecule has 3 rings (SSSR count). The van der Waals surface area contributed by atoms with Gasteiger partial charge in [-0.05, 0) is 49.6 Å². The van der Waals surface area contributed by atoms with Crippen molar-refractivity contribution in [1.29, 1.82) is 0 Å². The second kappa shape index (κ2) is 5.70.